The minimum Gasteiger partial charge on any atom is -0.342 e. The number of hydrogen-bond donors (Lipinski definition) is 0. The van der Waals surface area contributed by atoms with E-state index in [2.05, 4.69) is 49.9 Å². The Hall–Kier alpha value is -1.31. The molecule has 0 spiro atoms. The Labute approximate surface area is 128 Å². The fourth-order valence-corrected chi connectivity index (χ4v) is 3.39. The zero-order valence-electron chi connectivity index (χ0n) is 13.6. The van der Waals surface area contributed by atoms with Gasteiger partial charge in [0.25, 0.3) is 0 Å². The van der Waals surface area contributed by atoms with Crippen molar-refractivity contribution in [1.82, 2.24) is 4.90 Å². The van der Waals surface area contributed by atoms with Crippen LogP contribution >= 0.6 is 0 Å². The number of hydrogen-bond acceptors (Lipinski definition) is 1. The van der Waals surface area contributed by atoms with Gasteiger partial charge in [-0.05, 0) is 42.7 Å². The number of benzene rings is 1. The highest BCUT2D eigenvalue weighted by molar-refractivity contribution is 5.85. The molecule has 1 amide bonds. The summed E-state index contributed by atoms with van der Waals surface area (Å²) < 4.78 is 0. The van der Waals surface area contributed by atoms with Crippen molar-refractivity contribution in [3.05, 3.63) is 35.4 Å². The van der Waals surface area contributed by atoms with Crippen LogP contribution in [0.4, 0.5) is 0 Å². The number of carbonyl (C=O) groups excluding carboxylic acids is 1. The van der Waals surface area contributed by atoms with Crippen molar-refractivity contribution < 1.29 is 4.79 Å². The van der Waals surface area contributed by atoms with Gasteiger partial charge in [0.05, 0.1) is 0 Å². The Bertz CT molecular complexity index is 530. The Balaban J connectivity index is 1.74. The van der Waals surface area contributed by atoms with Gasteiger partial charge in [-0.15, -0.1) is 0 Å². The van der Waals surface area contributed by atoms with Crippen LogP contribution in [0.2, 0.25) is 0 Å². The molecule has 21 heavy (non-hydrogen) atoms. The van der Waals surface area contributed by atoms with Gasteiger partial charge < -0.3 is 4.90 Å². The highest BCUT2D eigenvalue weighted by Gasteiger charge is 2.47. The van der Waals surface area contributed by atoms with E-state index in [4.69, 9.17) is 0 Å². The average Bonchev–Trinajstić information content (AvgIpc) is 3.26. The maximum Gasteiger partial charge on any atom is 0.228 e. The van der Waals surface area contributed by atoms with Crippen molar-refractivity contribution in [1.29, 1.82) is 0 Å². The Kier molecular flexibility index (Phi) is 3.81. The van der Waals surface area contributed by atoms with Gasteiger partial charge in [0.1, 0.15) is 0 Å². The predicted octanol–water partition coefficient (Wildman–Crippen LogP) is 4.32. The molecule has 1 unspecified atom stereocenters. The Morgan fingerprint density at radius 2 is 2.10 bits per heavy atom. The average molecular weight is 285 g/mol. The van der Waals surface area contributed by atoms with E-state index in [1.807, 2.05) is 0 Å². The topological polar surface area (TPSA) is 20.3 Å². The third-order valence-corrected chi connectivity index (χ3v) is 5.27. The number of likely N-dealkylation sites (tertiary alicyclic amines) is 1. The SMILES string of the molecule is CC(C)c1cccc(C2CCCN(C(=O)C3(C)CC3)C2)c1. The summed E-state index contributed by atoms with van der Waals surface area (Å²) in [5, 5.41) is 0. The highest BCUT2D eigenvalue weighted by atomic mass is 16.2. The first kappa shape index (κ1) is 14.6. The zero-order valence-corrected chi connectivity index (χ0v) is 13.6. The molecule has 2 aliphatic rings. The second-order valence-electron chi connectivity index (χ2n) is 7.48. The minimum atomic E-state index is -0.0261. The lowest BCUT2D eigenvalue weighted by molar-refractivity contribution is -0.137. The third kappa shape index (κ3) is 3.00. The van der Waals surface area contributed by atoms with E-state index in [0.29, 0.717) is 17.7 Å². The van der Waals surface area contributed by atoms with Crippen molar-refractivity contribution in [2.24, 2.45) is 5.41 Å². The molecule has 1 heterocycles. The molecular weight excluding hydrogens is 258 g/mol. The second-order valence-corrected chi connectivity index (χ2v) is 7.48. The molecule has 1 aliphatic heterocycles. The molecule has 0 aromatic heterocycles. The fourth-order valence-electron chi connectivity index (χ4n) is 3.39. The molecule has 3 rings (SSSR count). The van der Waals surface area contributed by atoms with Gasteiger partial charge in [0.15, 0.2) is 0 Å². The van der Waals surface area contributed by atoms with E-state index in [1.165, 1.54) is 17.5 Å². The number of carbonyl (C=O) groups is 1. The van der Waals surface area contributed by atoms with Gasteiger partial charge in [-0.3, -0.25) is 4.79 Å². The zero-order chi connectivity index (χ0) is 15.0. The minimum absolute atomic E-state index is 0.0261. The van der Waals surface area contributed by atoms with Crippen LogP contribution in [0.15, 0.2) is 24.3 Å². The summed E-state index contributed by atoms with van der Waals surface area (Å²) in [6.07, 6.45) is 4.51. The van der Waals surface area contributed by atoms with E-state index in [0.717, 1.165) is 32.4 Å². The summed E-state index contributed by atoms with van der Waals surface area (Å²) >= 11 is 0. The third-order valence-electron chi connectivity index (χ3n) is 5.27. The Morgan fingerprint density at radius 3 is 2.76 bits per heavy atom. The Morgan fingerprint density at radius 1 is 1.33 bits per heavy atom. The lowest BCUT2D eigenvalue weighted by Gasteiger charge is -2.35. The largest absolute Gasteiger partial charge is 0.342 e. The molecule has 0 bridgehead atoms. The van der Waals surface area contributed by atoms with Crippen LogP contribution in [0.1, 0.15) is 69.4 Å². The first-order chi connectivity index (χ1) is 9.99. The lowest BCUT2D eigenvalue weighted by atomic mass is 9.87. The van der Waals surface area contributed by atoms with Crippen molar-refractivity contribution in [2.45, 2.75) is 58.3 Å². The maximum absolute atomic E-state index is 12.6. The molecule has 0 radical (unpaired) electrons. The van der Waals surface area contributed by atoms with Gasteiger partial charge in [-0.25, -0.2) is 0 Å². The quantitative estimate of drug-likeness (QED) is 0.810. The lowest BCUT2D eigenvalue weighted by Crippen LogP contribution is -2.42. The first-order valence-corrected chi connectivity index (χ1v) is 8.39. The molecule has 1 saturated heterocycles. The molecule has 0 N–H and O–H groups in total. The van der Waals surface area contributed by atoms with Crippen molar-refractivity contribution >= 4 is 5.91 Å². The van der Waals surface area contributed by atoms with Crippen LogP contribution in [0, 0.1) is 5.41 Å². The highest BCUT2D eigenvalue weighted by Crippen LogP contribution is 2.47. The van der Waals surface area contributed by atoms with Gasteiger partial charge >= 0.3 is 0 Å². The van der Waals surface area contributed by atoms with Gasteiger partial charge in [-0.2, -0.15) is 0 Å². The molecule has 2 nitrogen and oxygen atoms in total. The van der Waals surface area contributed by atoms with E-state index < -0.39 is 0 Å². The molecular formula is C19H27NO. The fraction of sp³-hybridized carbons (Fsp3) is 0.632. The molecule has 1 aliphatic carbocycles. The molecule has 114 valence electrons. The van der Waals surface area contributed by atoms with Crippen LogP contribution < -0.4 is 0 Å². The van der Waals surface area contributed by atoms with Crippen LogP contribution in [-0.2, 0) is 4.79 Å². The molecule has 1 atom stereocenters. The summed E-state index contributed by atoms with van der Waals surface area (Å²) in [6, 6.07) is 8.98. The molecule has 1 saturated carbocycles. The van der Waals surface area contributed by atoms with Crippen molar-refractivity contribution in [3.63, 3.8) is 0 Å². The summed E-state index contributed by atoms with van der Waals surface area (Å²) in [5.74, 6) is 1.48. The summed E-state index contributed by atoms with van der Waals surface area (Å²) in [5.41, 5.74) is 2.80. The van der Waals surface area contributed by atoms with Crippen molar-refractivity contribution in [3.8, 4) is 0 Å². The number of rotatable bonds is 3. The number of nitrogens with zero attached hydrogens (tertiary/aromatic N) is 1. The molecule has 2 fully saturated rings. The van der Waals surface area contributed by atoms with E-state index in [-0.39, 0.29) is 5.41 Å². The predicted molar refractivity (Wildman–Crippen MR) is 86.4 cm³/mol. The van der Waals surface area contributed by atoms with E-state index >= 15 is 0 Å². The summed E-state index contributed by atoms with van der Waals surface area (Å²) in [4.78, 5) is 14.7. The first-order valence-electron chi connectivity index (χ1n) is 8.39. The maximum atomic E-state index is 12.6. The number of amides is 1. The van der Waals surface area contributed by atoms with E-state index in [1.54, 1.807) is 0 Å². The molecule has 1 aromatic rings. The van der Waals surface area contributed by atoms with Gasteiger partial charge in [0, 0.05) is 24.4 Å². The monoisotopic (exact) mass is 285 g/mol. The smallest absolute Gasteiger partial charge is 0.228 e. The molecule has 1 aromatic carbocycles. The van der Waals surface area contributed by atoms with Crippen LogP contribution in [0.5, 0.6) is 0 Å². The second kappa shape index (κ2) is 5.47. The normalized spacial score (nSPS) is 24.2. The van der Waals surface area contributed by atoms with E-state index in [9.17, 15) is 4.79 Å². The van der Waals surface area contributed by atoms with Crippen LogP contribution in [-0.4, -0.2) is 23.9 Å². The standard InChI is InChI=1S/C19H27NO/c1-14(2)15-6-4-7-16(12-15)17-8-5-11-20(13-17)18(21)19(3)9-10-19/h4,6-7,12,14,17H,5,8-11,13H2,1-3H3. The molecule has 2 heteroatoms. The summed E-state index contributed by atoms with van der Waals surface area (Å²) in [6.45, 7) is 8.47. The number of piperidine rings is 1. The van der Waals surface area contributed by atoms with Crippen LogP contribution in [0.3, 0.4) is 0 Å². The van der Waals surface area contributed by atoms with Gasteiger partial charge in [-0.1, -0.05) is 45.0 Å². The van der Waals surface area contributed by atoms with Crippen molar-refractivity contribution in [2.75, 3.05) is 13.1 Å². The van der Waals surface area contributed by atoms with Gasteiger partial charge in [0.2, 0.25) is 5.91 Å². The van der Waals surface area contributed by atoms with Crippen LogP contribution in [0.25, 0.3) is 0 Å². The summed E-state index contributed by atoms with van der Waals surface area (Å²) in [7, 11) is 0.